The van der Waals surface area contributed by atoms with Crippen LogP contribution in [0.25, 0.3) is 0 Å². The first kappa shape index (κ1) is 6.71. The van der Waals surface area contributed by atoms with Gasteiger partial charge in [0.25, 0.3) is 0 Å². The molecule has 1 N–H and O–H groups in total. The van der Waals surface area contributed by atoms with Crippen molar-refractivity contribution in [2.45, 2.75) is 25.0 Å². The van der Waals surface area contributed by atoms with E-state index in [-0.39, 0.29) is 6.04 Å². The zero-order valence-corrected chi connectivity index (χ0v) is 5.17. The van der Waals surface area contributed by atoms with Crippen LogP contribution in [0.3, 0.4) is 0 Å². The predicted molar refractivity (Wildman–Crippen MR) is 31.6 cm³/mol. The van der Waals surface area contributed by atoms with Gasteiger partial charge < -0.3 is 10.1 Å². The van der Waals surface area contributed by atoms with Crippen LogP contribution in [0.5, 0.6) is 0 Å². The first-order valence-corrected chi connectivity index (χ1v) is 3.19. The maximum atomic E-state index is 10.7. The van der Waals surface area contributed by atoms with E-state index in [9.17, 15) is 9.90 Å². The van der Waals surface area contributed by atoms with Gasteiger partial charge in [-0.3, -0.25) is 0 Å². The van der Waals surface area contributed by atoms with E-state index in [1.807, 2.05) is 0 Å². The highest BCUT2D eigenvalue weighted by Gasteiger charge is 2.22. The van der Waals surface area contributed by atoms with Gasteiger partial charge in [-0.15, -0.1) is 0 Å². The molecule has 1 radical (unpaired) electrons. The topological polar surface area (TPSA) is 49.0 Å². The average molecular weight is 128 g/mol. The standard InChI is InChI=1S/C6H10NO2/c8-4-6(9)5-2-1-3-7-5/h4-7H,1-3H2. The summed E-state index contributed by atoms with van der Waals surface area (Å²) < 4.78 is 0. The van der Waals surface area contributed by atoms with Gasteiger partial charge in [0.1, 0.15) is 0 Å². The summed E-state index contributed by atoms with van der Waals surface area (Å²) >= 11 is 0. The molecule has 1 aliphatic heterocycles. The van der Waals surface area contributed by atoms with Crippen molar-refractivity contribution in [2.24, 2.45) is 0 Å². The van der Waals surface area contributed by atoms with Crippen molar-refractivity contribution in [1.29, 1.82) is 0 Å². The Morgan fingerprint density at radius 3 is 2.89 bits per heavy atom. The van der Waals surface area contributed by atoms with Crippen molar-refractivity contribution in [2.75, 3.05) is 6.54 Å². The summed E-state index contributed by atoms with van der Waals surface area (Å²) in [6.45, 7) is 0.886. The Balaban J connectivity index is 2.32. The van der Waals surface area contributed by atoms with Gasteiger partial charge in [-0.05, 0) is 19.4 Å². The highest BCUT2D eigenvalue weighted by Crippen LogP contribution is 2.07. The minimum absolute atomic E-state index is 0.0949. The molecule has 2 atom stereocenters. The van der Waals surface area contributed by atoms with E-state index in [0.717, 1.165) is 19.4 Å². The second-order valence-corrected chi connectivity index (χ2v) is 2.30. The maximum Gasteiger partial charge on any atom is 0.163 e. The summed E-state index contributed by atoms with van der Waals surface area (Å²) in [5, 5.41) is 13.6. The van der Waals surface area contributed by atoms with Crippen molar-refractivity contribution in [3.8, 4) is 0 Å². The molecule has 1 saturated heterocycles. The van der Waals surface area contributed by atoms with Crippen LogP contribution in [-0.2, 0) is 9.90 Å². The van der Waals surface area contributed by atoms with Gasteiger partial charge in [-0.25, -0.2) is 5.11 Å². The lowest BCUT2D eigenvalue weighted by atomic mass is 10.1. The summed E-state index contributed by atoms with van der Waals surface area (Å²) in [4.78, 5) is 9.94. The fourth-order valence-electron chi connectivity index (χ4n) is 1.09. The molecule has 51 valence electrons. The minimum atomic E-state index is -1.05. The summed E-state index contributed by atoms with van der Waals surface area (Å²) in [6, 6.07) is -0.0949. The van der Waals surface area contributed by atoms with Gasteiger partial charge in [0.2, 0.25) is 0 Å². The second kappa shape index (κ2) is 2.94. The second-order valence-electron chi connectivity index (χ2n) is 2.30. The maximum absolute atomic E-state index is 10.7. The lowest BCUT2D eigenvalue weighted by Crippen LogP contribution is -2.34. The Morgan fingerprint density at radius 1 is 1.67 bits per heavy atom. The van der Waals surface area contributed by atoms with E-state index >= 15 is 0 Å². The van der Waals surface area contributed by atoms with Gasteiger partial charge in [-0.2, -0.15) is 0 Å². The lowest BCUT2D eigenvalue weighted by molar-refractivity contribution is -0.119. The molecule has 1 fully saturated rings. The first-order valence-electron chi connectivity index (χ1n) is 3.19. The molecule has 3 heteroatoms. The molecule has 1 aliphatic rings. The molecular weight excluding hydrogens is 118 g/mol. The van der Waals surface area contributed by atoms with E-state index < -0.39 is 6.10 Å². The number of carbonyl (C=O) groups excluding carboxylic acids is 1. The van der Waals surface area contributed by atoms with Crippen molar-refractivity contribution in [3.05, 3.63) is 0 Å². The van der Waals surface area contributed by atoms with Crippen molar-refractivity contribution < 1.29 is 9.90 Å². The van der Waals surface area contributed by atoms with Gasteiger partial charge >= 0.3 is 0 Å². The molecule has 1 rings (SSSR count). The van der Waals surface area contributed by atoms with E-state index in [2.05, 4.69) is 5.32 Å². The molecule has 0 aliphatic carbocycles. The van der Waals surface area contributed by atoms with Crippen LogP contribution >= 0.6 is 0 Å². The summed E-state index contributed by atoms with van der Waals surface area (Å²) in [6.07, 6.45) is 1.31. The molecule has 0 aromatic heterocycles. The van der Waals surface area contributed by atoms with Gasteiger partial charge in [0.15, 0.2) is 12.4 Å². The lowest BCUT2D eigenvalue weighted by Gasteiger charge is -2.08. The number of aldehydes is 1. The van der Waals surface area contributed by atoms with Crippen molar-refractivity contribution in [1.82, 2.24) is 5.32 Å². The molecule has 0 aromatic rings. The minimum Gasteiger partial charge on any atom is -0.311 e. The largest absolute Gasteiger partial charge is 0.311 e. The van der Waals surface area contributed by atoms with Crippen LogP contribution in [0.4, 0.5) is 0 Å². The molecule has 1 heterocycles. The number of nitrogens with one attached hydrogen (secondary N) is 1. The smallest absolute Gasteiger partial charge is 0.163 e. The zero-order valence-electron chi connectivity index (χ0n) is 5.17. The number of hydrogen-bond acceptors (Lipinski definition) is 2. The van der Waals surface area contributed by atoms with Crippen molar-refractivity contribution >= 4 is 6.29 Å². The summed E-state index contributed by atoms with van der Waals surface area (Å²) in [5.41, 5.74) is 0. The first-order chi connectivity index (χ1) is 4.34. The quantitative estimate of drug-likeness (QED) is 0.521. The van der Waals surface area contributed by atoms with Crippen LogP contribution in [-0.4, -0.2) is 25.0 Å². The Morgan fingerprint density at radius 2 is 2.44 bits per heavy atom. The number of hydrogen-bond donors (Lipinski definition) is 1. The molecule has 0 spiro atoms. The van der Waals surface area contributed by atoms with E-state index in [1.54, 1.807) is 0 Å². The highest BCUT2D eigenvalue weighted by atomic mass is 16.3. The SMILES string of the molecule is [O]C(C=O)C1CCCN1. The Labute approximate surface area is 54.1 Å². The van der Waals surface area contributed by atoms with E-state index in [1.165, 1.54) is 0 Å². The Bertz CT molecular complexity index is 99.2. The molecule has 0 aromatic carbocycles. The van der Waals surface area contributed by atoms with Crippen LogP contribution in [0, 0.1) is 0 Å². The van der Waals surface area contributed by atoms with Crippen LogP contribution in [0.2, 0.25) is 0 Å². The molecule has 2 unspecified atom stereocenters. The van der Waals surface area contributed by atoms with Crippen LogP contribution in [0.1, 0.15) is 12.8 Å². The van der Waals surface area contributed by atoms with E-state index in [4.69, 9.17) is 0 Å². The molecule has 0 amide bonds. The zero-order chi connectivity index (χ0) is 6.69. The Kier molecular flexibility index (Phi) is 2.19. The normalized spacial score (nSPS) is 30.1. The molecule has 0 saturated carbocycles. The fourth-order valence-corrected chi connectivity index (χ4v) is 1.09. The van der Waals surface area contributed by atoms with E-state index in [0.29, 0.717) is 6.29 Å². The third kappa shape index (κ3) is 1.50. The molecule has 0 bridgehead atoms. The molecule has 3 nitrogen and oxygen atoms in total. The summed E-state index contributed by atoms with van der Waals surface area (Å²) in [5.74, 6) is 0. The Hall–Kier alpha value is -0.410. The van der Waals surface area contributed by atoms with Gasteiger partial charge in [0.05, 0.1) is 0 Å². The third-order valence-corrected chi connectivity index (χ3v) is 1.63. The van der Waals surface area contributed by atoms with Crippen LogP contribution < -0.4 is 5.32 Å². The van der Waals surface area contributed by atoms with Crippen LogP contribution in [0.15, 0.2) is 0 Å². The highest BCUT2D eigenvalue weighted by molar-refractivity contribution is 5.56. The van der Waals surface area contributed by atoms with Gasteiger partial charge in [-0.1, -0.05) is 0 Å². The number of rotatable bonds is 2. The molecular formula is C6H10NO2. The van der Waals surface area contributed by atoms with Gasteiger partial charge in [0, 0.05) is 6.04 Å². The average Bonchev–Trinajstić information content (AvgIpc) is 2.37. The number of carbonyl (C=O) groups is 1. The monoisotopic (exact) mass is 128 g/mol. The predicted octanol–water partition coefficient (Wildman–Crippen LogP) is -0.264. The summed E-state index contributed by atoms with van der Waals surface area (Å²) in [7, 11) is 0. The van der Waals surface area contributed by atoms with Crippen molar-refractivity contribution in [3.63, 3.8) is 0 Å². The molecule has 9 heavy (non-hydrogen) atoms. The fraction of sp³-hybridized carbons (Fsp3) is 0.833. The third-order valence-electron chi connectivity index (χ3n) is 1.63.